The average Bonchev–Trinajstić information content (AvgIpc) is 1.91. The lowest BCUT2D eigenvalue weighted by Crippen LogP contribution is -2.12. The third-order valence-corrected chi connectivity index (χ3v) is 1.53. The summed E-state index contributed by atoms with van der Waals surface area (Å²) in [6.45, 7) is 0. The SMILES string of the molecule is O=C1c2cccc1c2O. The van der Waals surface area contributed by atoms with Gasteiger partial charge in [-0.3, -0.25) is 4.79 Å². The Hall–Kier alpha value is -1.31. The summed E-state index contributed by atoms with van der Waals surface area (Å²) in [5.41, 5.74) is 0.903. The van der Waals surface area contributed by atoms with Gasteiger partial charge in [0.1, 0.15) is 5.75 Å². The van der Waals surface area contributed by atoms with Crippen molar-refractivity contribution in [2.45, 2.75) is 0 Å². The summed E-state index contributed by atoms with van der Waals surface area (Å²) in [5.74, 6) is 0.123. The fourth-order valence-corrected chi connectivity index (χ4v) is 0.993. The monoisotopic (exact) mass is 120 g/mol. The maximum absolute atomic E-state index is 10.7. The largest absolute Gasteiger partial charge is 0.506 e. The van der Waals surface area contributed by atoms with E-state index in [2.05, 4.69) is 0 Å². The van der Waals surface area contributed by atoms with Gasteiger partial charge in [-0.05, 0) is 12.1 Å². The zero-order valence-electron chi connectivity index (χ0n) is 4.59. The summed E-state index contributed by atoms with van der Waals surface area (Å²) in [6.07, 6.45) is 0. The van der Waals surface area contributed by atoms with Crippen molar-refractivity contribution >= 4 is 5.78 Å². The molecule has 0 saturated heterocycles. The zero-order valence-corrected chi connectivity index (χ0v) is 4.59. The smallest absolute Gasteiger partial charge is 0.200 e. The van der Waals surface area contributed by atoms with Crippen molar-refractivity contribution in [2.75, 3.05) is 0 Å². The summed E-state index contributed by atoms with van der Waals surface area (Å²) in [7, 11) is 0. The van der Waals surface area contributed by atoms with Crippen LogP contribution >= 0.6 is 0 Å². The van der Waals surface area contributed by atoms with Gasteiger partial charge >= 0.3 is 0 Å². The first-order valence-corrected chi connectivity index (χ1v) is 2.67. The van der Waals surface area contributed by atoms with Gasteiger partial charge in [0.2, 0.25) is 5.78 Å². The van der Waals surface area contributed by atoms with E-state index in [1.54, 1.807) is 18.2 Å². The summed E-state index contributed by atoms with van der Waals surface area (Å²) in [6, 6.07) is 4.99. The van der Waals surface area contributed by atoms with Gasteiger partial charge in [-0.2, -0.15) is 0 Å². The number of carbonyl (C=O) groups excluding carboxylic acids is 1. The van der Waals surface area contributed by atoms with E-state index in [0.717, 1.165) is 0 Å². The van der Waals surface area contributed by atoms with Gasteiger partial charge < -0.3 is 5.11 Å². The van der Waals surface area contributed by atoms with Gasteiger partial charge in [0, 0.05) is 0 Å². The molecule has 0 amide bonds. The van der Waals surface area contributed by atoms with E-state index in [1.807, 2.05) is 0 Å². The Morgan fingerprint density at radius 2 is 1.78 bits per heavy atom. The molecule has 1 N–H and O–H groups in total. The van der Waals surface area contributed by atoms with Gasteiger partial charge in [-0.25, -0.2) is 0 Å². The molecule has 0 heterocycles. The third-order valence-electron chi connectivity index (χ3n) is 1.53. The topological polar surface area (TPSA) is 37.3 Å². The van der Waals surface area contributed by atoms with Crippen LogP contribution in [0.3, 0.4) is 0 Å². The first-order chi connectivity index (χ1) is 4.30. The lowest BCUT2D eigenvalue weighted by molar-refractivity contribution is 0.101. The first kappa shape index (κ1) is 4.56. The van der Waals surface area contributed by atoms with E-state index in [-0.39, 0.29) is 11.5 Å². The number of carbonyl (C=O) groups is 1. The fourth-order valence-electron chi connectivity index (χ4n) is 0.993. The van der Waals surface area contributed by atoms with Crippen LogP contribution in [-0.4, -0.2) is 10.9 Å². The van der Waals surface area contributed by atoms with Crippen LogP contribution in [0.1, 0.15) is 15.9 Å². The highest BCUT2D eigenvalue weighted by molar-refractivity contribution is 6.21. The molecule has 0 saturated carbocycles. The highest BCUT2D eigenvalue weighted by atomic mass is 16.3. The third kappa shape index (κ3) is 0.344. The number of hydrogen-bond acceptors (Lipinski definition) is 2. The first-order valence-electron chi connectivity index (χ1n) is 2.67. The molecular formula is C7H4O2. The molecule has 0 aliphatic heterocycles. The van der Waals surface area contributed by atoms with Crippen molar-refractivity contribution in [3.63, 3.8) is 0 Å². The Morgan fingerprint density at radius 1 is 1.22 bits per heavy atom. The summed E-state index contributed by atoms with van der Waals surface area (Å²) >= 11 is 0. The Labute approximate surface area is 51.7 Å². The van der Waals surface area contributed by atoms with Crippen molar-refractivity contribution < 1.29 is 9.90 Å². The van der Waals surface area contributed by atoms with Crippen LogP contribution in [0.15, 0.2) is 18.2 Å². The molecule has 9 heavy (non-hydrogen) atoms. The number of ketones is 1. The summed E-state index contributed by atoms with van der Waals surface area (Å²) in [5, 5.41) is 8.94. The van der Waals surface area contributed by atoms with Crippen molar-refractivity contribution in [3.05, 3.63) is 29.3 Å². The number of fused-ring (bicyclic) bond motifs is 2. The van der Waals surface area contributed by atoms with Gasteiger partial charge in [0.25, 0.3) is 0 Å². The minimum absolute atomic E-state index is 0.0324. The molecule has 1 aromatic rings. The molecule has 2 aliphatic carbocycles. The van der Waals surface area contributed by atoms with Gasteiger partial charge in [-0.1, -0.05) is 6.07 Å². The molecule has 1 aromatic carbocycles. The predicted molar refractivity (Wildman–Crippen MR) is 31.5 cm³/mol. The molecule has 2 aliphatic rings. The highest BCUT2D eigenvalue weighted by Crippen LogP contribution is 2.34. The predicted octanol–water partition coefficient (Wildman–Crippen LogP) is 0.937. The molecule has 2 nitrogen and oxygen atoms in total. The fraction of sp³-hybridized carbons (Fsp3) is 0. The highest BCUT2D eigenvalue weighted by Gasteiger charge is 2.27. The van der Waals surface area contributed by atoms with Crippen LogP contribution in [0.4, 0.5) is 0 Å². The van der Waals surface area contributed by atoms with E-state index in [1.165, 1.54) is 0 Å². The number of aromatic hydroxyl groups is 1. The van der Waals surface area contributed by atoms with Crippen LogP contribution < -0.4 is 0 Å². The number of phenols is 1. The molecule has 44 valence electrons. The number of hydrogen-bond donors (Lipinski definition) is 1. The Balaban J connectivity index is 2.81. The molecule has 0 aromatic heterocycles. The maximum atomic E-state index is 10.7. The number of rotatable bonds is 0. The van der Waals surface area contributed by atoms with Crippen molar-refractivity contribution in [1.82, 2.24) is 0 Å². The maximum Gasteiger partial charge on any atom is 0.200 e. The minimum Gasteiger partial charge on any atom is -0.506 e. The zero-order chi connectivity index (χ0) is 6.43. The standard InChI is InChI=1S/C7H4O2/c8-6-4-2-1-3-5(6)7(4)9/h1-3,8H. The van der Waals surface area contributed by atoms with Crippen LogP contribution in [0, 0.1) is 0 Å². The number of para-hydroxylation sites is 1. The lowest BCUT2D eigenvalue weighted by atomic mass is 9.90. The summed E-state index contributed by atoms with van der Waals surface area (Å²) in [4.78, 5) is 10.7. The number of phenolic OH excluding ortho intramolecular Hbond substituents is 1. The molecule has 2 bridgehead atoms. The molecule has 0 spiro atoms. The normalized spacial score (nSPS) is 13.1. The van der Waals surface area contributed by atoms with Gasteiger partial charge in [0.05, 0.1) is 11.1 Å². The second kappa shape index (κ2) is 1.16. The average molecular weight is 120 g/mol. The molecule has 2 heteroatoms. The lowest BCUT2D eigenvalue weighted by Gasteiger charge is -2.15. The van der Waals surface area contributed by atoms with E-state index < -0.39 is 0 Å². The molecule has 0 unspecified atom stereocenters. The molecule has 0 fully saturated rings. The quantitative estimate of drug-likeness (QED) is 0.561. The van der Waals surface area contributed by atoms with E-state index in [9.17, 15) is 4.79 Å². The van der Waals surface area contributed by atoms with Crippen molar-refractivity contribution in [3.8, 4) is 5.75 Å². The Morgan fingerprint density at radius 3 is 2.00 bits per heavy atom. The minimum atomic E-state index is -0.0324. The van der Waals surface area contributed by atoms with E-state index >= 15 is 0 Å². The molecule has 0 radical (unpaired) electrons. The summed E-state index contributed by atoms with van der Waals surface area (Å²) < 4.78 is 0. The van der Waals surface area contributed by atoms with Crippen LogP contribution in [0.25, 0.3) is 0 Å². The second-order valence-electron chi connectivity index (χ2n) is 2.03. The van der Waals surface area contributed by atoms with E-state index in [4.69, 9.17) is 5.11 Å². The Kier molecular flexibility index (Phi) is 0.585. The van der Waals surface area contributed by atoms with Crippen molar-refractivity contribution in [2.24, 2.45) is 0 Å². The number of benzene rings is 1. The Bertz CT molecular complexity index is 265. The van der Waals surface area contributed by atoms with Gasteiger partial charge in [0.15, 0.2) is 0 Å². The molecule has 0 atom stereocenters. The molecule has 3 rings (SSSR count). The molecular weight excluding hydrogens is 116 g/mol. The second-order valence-corrected chi connectivity index (χ2v) is 2.03. The van der Waals surface area contributed by atoms with E-state index in [0.29, 0.717) is 11.1 Å². The van der Waals surface area contributed by atoms with Crippen LogP contribution in [-0.2, 0) is 0 Å². The van der Waals surface area contributed by atoms with Gasteiger partial charge in [-0.15, -0.1) is 0 Å². The van der Waals surface area contributed by atoms with Crippen LogP contribution in [0.5, 0.6) is 5.75 Å². The van der Waals surface area contributed by atoms with Crippen molar-refractivity contribution in [1.29, 1.82) is 0 Å². The van der Waals surface area contributed by atoms with Crippen LogP contribution in [0.2, 0.25) is 0 Å².